The summed E-state index contributed by atoms with van der Waals surface area (Å²) in [6, 6.07) is 10.0. The Bertz CT molecular complexity index is 696. The van der Waals surface area contributed by atoms with Crippen LogP contribution >= 0.6 is 0 Å². The third-order valence-electron chi connectivity index (χ3n) is 4.48. The monoisotopic (exact) mass is 343 g/mol. The van der Waals surface area contributed by atoms with Crippen LogP contribution in [0.15, 0.2) is 34.9 Å². The summed E-state index contributed by atoms with van der Waals surface area (Å²) in [5.41, 5.74) is 3.12. The Morgan fingerprint density at radius 3 is 2.76 bits per heavy atom. The Labute approximate surface area is 147 Å². The van der Waals surface area contributed by atoms with Crippen molar-refractivity contribution in [2.24, 2.45) is 5.92 Å². The van der Waals surface area contributed by atoms with Crippen LogP contribution < -0.4 is 10.6 Å². The summed E-state index contributed by atoms with van der Waals surface area (Å²) in [6.07, 6.45) is 2.10. The summed E-state index contributed by atoms with van der Waals surface area (Å²) in [5.74, 6) is 1.01. The first kappa shape index (κ1) is 17.5. The van der Waals surface area contributed by atoms with E-state index in [1.54, 1.807) is 0 Å². The lowest BCUT2D eigenvalue weighted by Crippen LogP contribution is -2.40. The maximum atomic E-state index is 12.0. The second kappa shape index (κ2) is 8.16. The molecule has 2 N–H and O–H groups in total. The van der Waals surface area contributed by atoms with Crippen LogP contribution in [0.25, 0.3) is 0 Å². The van der Waals surface area contributed by atoms with Crippen molar-refractivity contribution in [2.45, 2.75) is 39.3 Å². The van der Waals surface area contributed by atoms with E-state index in [-0.39, 0.29) is 18.1 Å². The highest BCUT2D eigenvalue weighted by Crippen LogP contribution is 2.33. The first-order valence-electron chi connectivity index (χ1n) is 8.74. The number of benzene rings is 1. The summed E-state index contributed by atoms with van der Waals surface area (Å²) < 4.78 is 11.0. The zero-order chi connectivity index (χ0) is 17.6. The lowest BCUT2D eigenvalue weighted by Gasteiger charge is -2.32. The van der Waals surface area contributed by atoms with Gasteiger partial charge in [0.1, 0.15) is 11.5 Å². The molecule has 1 aromatic carbocycles. The van der Waals surface area contributed by atoms with Gasteiger partial charge in [0, 0.05) is 25.1 Å². The molecule has 6 heteroatoms. The molecule has 25 heavy (non-hydrogen) atoms. The summed E-state index contributed by atoms with van der Waals surface area (Å²) in [5, 5.41) is 9.61. The minimum absolute atomic E-state index is 0.0350. The molecule has 2 unspecified atom stereocenters. The maximum Gasteiger partial charge on any atom is 0.315 e. The van der Waals surface area contributed by atoms with Gasteiger partial charge in [-0.3, -0.25) is 0 Å². The normalized spacial score (nSPS) is 20.2. The van der Waals surface area contributed by atoms with Crippen LogP contribution in [0.4, 0.5) is 4.79 Å². The van der Waals surface area contributed by atoms with Gasteiger partial charge in [0.05, 0.1) is 12.6 Å². The fourth-order valence-corrected chi connectivity index (χ4v) is 3.14. The van der Waals surface area contributed by atoms with Crippen molar-refractivity contribution in [1.82, 2.24) is 15.8 Å². The van der Waals surface area contributed by atoms with Crippen LogP contribution in [0.5, 0.6) is 0 Å². The van der Waals surface area contributed by atoms with Crippen LogP contribution in [0, 0.1) is 19.8 Å². The molecule has 1 aliphatic rings. The first-order chi connectivity index (χ1) is 12.1. The molecule has 1 aliphatic heterocycles. The zero-order valence-electron chi connectivity index (χ0n) is 14.7. The second-order valence-electron chi connectivity index (χ2n) is 6.60. The van der Waals surface area contributed by atoms with Gasteiger partial charge in [-0.05, 0) is 32.3 Å². The van der Waals surface area contributed by atoms with Crippen molar-refractivity contribution in [3.63, 3.8) is 0 Å². The Kier molecular flexibility index (Phi) is 5.71. The molecule has 2 aromatic rings. The molecule has 134 valence electrons. The number of nitrogens with zero attached hydrogens (tertiary/aromatic N) is 1. The molecule has 2 amide bonds. The van der Waals surface area contributed by atoms with E-state index < -0.39 is 0 Å². The minimum Gasteiger partial charge on any atom is -0.373 e. The number of aromatic nitrogens is 1. The number of carbonyl (C=O) groups excluding carboxylic acids is 1. The predicted molar refractivity (Wildman–Crippen MR) is 94.1 cm³/mol. The Morgan fingerprint density at radius 2 is 2.04 bits per heavy atom. The molecular formula is C19H25N3O3. The summed E-state index contributed by atoms with van der Waals surface area (Å²) in [6.45, 7) is 5.61. The number of hydrogen-bond donors (Lipinski definition) is 2. The topological polar surface area (TPSA) is 76.4 Å². The maximum absolute atomic E-state index is 12.0. The first-order valence-corrected chi connectivity index (χ1v) is 8.74. The molecule has 1 fully saturated rings. The molecule has 0 radical (unpaired) electrons. The fraction of sp³-hybridized carbons (Fsp3) is 0.474. The highest BCUT2D eigenvalue weighted by atomic mass is 16.5. The smallest absolute Gasteiger partial charge is 0.315 e. The van der Waals surface area contributed by atoms with Gasteiger partial charge in [0.25, 0.3) is 0 Å². The Balaban J connectivity index is 1.51. The van der Waals surface area contributed by atoms with Crippen molar-refractivity contribution in [3.8, 4) is 0 Å². The van der Waals surface area contributed by atoms with E-state index >= 15 is 0 Å². The van der Waals surface area contributed by atoms with Crippen LogP contribution in [0.1, 0.15) is 41.5 Å². The largest absolute Gasteiger partial charge is 0.373 e. The van der Waals surface area contributed by atoms with E-state index in [0.29, 0.717) is 18.8 Å². The van der Waals surface area contributed by atoms with Gasteiger partial charge in [-0.25, -0.2) is 4.79 Å². The highest BCUT2D eigenvalue weighted by molar-refractivity contribution is 5.73. The number of urea groups is 1. The Morgan fingerprint density at radius 1 is 1.24 bits per heavy atom. The predicted octanol–water partition coefficient (Wildman–Crippen LogP) is 3.26. The second-order valence-corrected chi connectivity index (χ2v) is 6.60. The number of hydrogen-bond acceptors (Lipinski definition) is 4. The third kappa shape index (κ3) is 4.82. The summed E-state index contributed by atoms with van der Waals surface area (Å²) >= 11 is 0. The van der Waals surface area contributed by atoms with E-state index in [4.69, 9.17) is 9.26 Å². The van der Waals surface area contributed by atoms with Gasteiger partial charge < -0.3 is 19.9 Å². The van der Waals surface area contributed by atoms with E-state index in [0.717, 1.165) is 25.2 Å². The molecule has 0 saturated carbocycles. The SMILES string of the molecule is Cc1ccc(C2OCCCC2CNC(=O)NCc2cc(C)on2)cc1. The van der Waals surface area contributed by atoms with Crippen molar-refractivity contribution >= 4 is 6.03 Å². The standard InChI is InChI=1S/C19H25N3O3/c1-13-5-7-15(8-6-13)18-16(4-3-9-24-18)11-20-19(23)21-12-17-10-14(2)25-22-17/h5-8,10,16,18H,3-4,9,11-12H2,1-2H3,(H2,20,21,23). The van der Waals surface area contributed by atoms with Gasteiger partial charge in [0.2, 0.25) is 0 Å². The minimum atomic E-state index is -0.200. The number of rotatable bonds is 5. The molecule has 6 nitrogen and oxygen atoms in total. The number of carbonyl (C=O) groups is 1. The number of amides is 2. The van der Waals surface area contributed by atoms with Crippen molar-refractivity contribution in [3.05, 3.63) is 52.9 Å². The van der Waals surface area contributed by atoms with E-state index in [2.05, 4.69) is 47.0 Å². The lowest BCUT2D eigenvalue weighted by molar-refractivity contribution is -0.0269. The van der Waals surface area contributed by atoms with Gasteiger partial charge >= 0.3 is 6.03 Å². The quantitative estimate of drug-likeness (QED) is 0.874. The van der Waals surface area contributed by atoms with E-state index in [1.807, 2.05) is 13.0 Å². The number of nitrogens with one attached hydrogen (secondary N) is 2. The van der Waals surface area contributed by atoms with Crippen molar-refractivity contribution in [1.29, 1.82) is 0 Å². The van der Waals surface area contributed by atoms with Gasteiger partial charge in [-0.15, -0.1) is 0 Å². The van der Waals surface area contributed by atoms with Crippen molar-refractivity contribution in [2.75, 3.05) is 13.2 Å². The van der Waals surface area contributed by atoms with E-state index in [9.17, 15) is 4.79 Å². The molecule has 3 rings (SSSR count). The van der Waals surface area contributed by atoms with E-state index in [1.165, 1.54) is 11.1 Å². The van der Waals surface area contributed by atoms with Gasteiger partial charge in [-0.2, -0.15) is 0 Å². The molecule has 2 heterocycles. The zero-order valence-corrected chi connectivity index (χ0v) is 14.7. The van der Waals surface area contributed by atoms with Crippen LogP contribution in [-0.2, 0) is 11.3 Å². The summed E-state index contributed by atoms with van der Waals surface area (Å²) in [7, 11) is 0. The third-order valence-corrected chi connectivity index (χ3v) is 4.48. The van der Waals surface area contributed by atoms with Crippen LogP contribution in [0.3, 0.4) is 0 Å². The molecule has 1 saturated heterocycles. The average molecular weight is 343 g/mol. The highest BCUT2D eigenvalue weighted by Gasteiger charge is 2.27. The molecule has 0 spiro atoms. The fourth-order valence-electron chi connectivity index (χ4n) is 3.14. The molecule has 1 aromatic heterocycles. The van der Waals surface area contributed by atoms with Crippen LogP contribution in [0.2, 0.25) is 0 Å². The number of aryl methyl sites for hydroxylation is 2. The molecular weight excluding hydrogens is 318 g/mol. The average Bonchev–Trinajstić information content (AvgIpc) is 3.04. The van der Waals surface area contributed by atoms with Gasteiger partial charge in [0.15, 0.2) is 0 Å². The summed E-state index contributed by atoms with van der Waals surface area (Å²) in [4.78, 5) is 12.0. The van der Waals surface area contributed by atoms with Gasteiger partial charge in [-0.1, -0.05) is 35.0 Å². The molecule has 0 aliphatic carbocycles. The molecule has 2 atom stereocenters. The van der Waals surface area contributed by atoms with Crippen LogP contribution in [-0.4, -0.2) is 24.3 Å². The van der Waals surface area contributed by atoms with Crippen molar-refractivity contribution < 1.29 is 14.1 Å². The molecule has 0 bridgehead atoms. The lowest BCUT2D eigenvalue weighted by atomic mass is 9.89. The number of ether oxygens (including phenoxy) is 1. The Hall–Kier alpha value is -2.34.